The standard InChI is InChI=1S/C32H29N3O3S/c1-21-7-5-10-24(17-21)34-29(37)20-39-32-26(18-33)30(31-27(35-32)11-6-12-28(31)36)23-13-15-25(16-14-23)38-19-22-8-3-2-4-9-22/h2-5,7-10,13-17,30-31H,6,11-12,19-20H2,1H3,(H,34,37). The van der Waals surface area contributed by atoms with Gasteiger partial charge in [-0.05, 0) is 60.7 Å². The molecule has 1 aliphatic carbocycles. The van der Waals surface area contributed by atoms with E-state index < -0.39 is 11.8 Å². The number of nitrogens with one attached hydrogen (secondary N) is 1. The molecule has 1 saturated carbocycles. The molecule has 0 radical (unpaired) electrons. The molecule has 3 aromatic rings. The highest BCUT2D eigenvalue weighted by atomic mass is 32.2. The number of anilines is 1. The van der Waals surface area contributed by atoms with E-state index in [2.05, 4.69) is 11.4 Å². The van der Waals surface area contributed by atoms with Gasteiger partial charge in [-0.15, -0.1) is 0 Å². The first-order valence-corrected chi connectivity index (χ1v) is 14.0. The smallest absolute Gasteiger partial charge is 0.234 e. The van der Waals surface area contributed by atoms with Gasteiger partial charge < -0.3 is 10.1 Å². The fraction of sp³-hybridized carbons (Fsp3) is 0.250. The van der Waals surface area contributed by atoms with Gasteiger partial charge in [-0.1, -0.05) is 66.4 Å². The quantitative estimate of drug-likeness (QED) is 0.351. The third-order valence-electron chi connectivity index (χ3n) is 6.93. The van der Waals surface area contributed by atoms with Gasteiger partial charge >= 0.3 is 0 Å². The Kier molecular flexibility index (Phi) is 8.24. The van der Waals surface area contributed by atoms with Crippen molar-refractivity contribution in [3.05, 3.63) is 106 Å². The number of carbonyl (C=O) groups is 2. The van der Waals surface area contributed by atoms with Gasteiger partial charge in [0.2, 0.25) is 5.91 Å². The van der Waals surface area contributed by atoms with Gasteiger partial charge in [0, 0.05) is 23.7 Å². The first-order chi connectivity index (χ1) is 19.0. The number of hydrogen-bond acceptors (Lipinski definition) is 6. The first-order valence-electron chi connectivity index (χ1n) is 13.0. The van der Waals surface area contributed by atoms with E-state index in [-0.39, 0.29) is 17.4 Å². The zero-order valence-corrected chi connectivity index (χ0v) is 22.5. The maximum atomic E-state index is 13.1. The minimum Gasteiger partial charge on any atom is -0.489 e. The number of rotatable bonds is 8. The number of aryl methyl sites for hydroxylation is 1. The monoisotopic (exact) mass is 535 g/mol. The molecule has 6 nitrogen and oxygen atoms in total. The summed E-state index contributed by atoms with van der Waals surface area (Å²) in [4.78, 5) is 30.6. The molecule has 1 aliphatic heterocycles. The highest BCUT2D eigenvalue weighted by molar-refractivity contribution is 8.03. The summed E-state index contributed by atoms with van der Waals surface area (Å²) in [6, 6.07) is 27.5. The molecule has 0 spiro atoms. The molecule has 196 valence electrons. The van der Waals surface area contributed by atoms with Crippen LogP contribution >= 0.6 is 11.8 Å². The van der Waals surface area contributed by atoms with Crippen LogP contribution in [0, 0.1) is 24.2 Å². The van der Waals surface area contributed by atoms with Crippen LogP contribution in [-0.4, -0.2) is 23.2 Å². The Bertz CT molecular complexity index is 1470. The number of nitrogens with zero attached hydrogens (tertiary/aromatic N) is 2. The Balaban J connectivity index is 1.36. The summed E-state index contributed by atoms with van der Waals surface area (Å²) in [5, 5.41) is 13.7. The van der Waals surface area contributed by atoms with Gasteiger partial charge in [0.1, 0.15) is 23.2 Å². The summed E-state index contributed by atoms with van der Waals surface area (Å²) in [6.45, 7) is 2.42. The lowest BCUT2D eigenvalue weighted by atomic mass is 9.70. The SMILES string of the molecule is Cc1cccc(NC(=O)CSC2=C(C#N)C(c3ccc(OCc4ccccc4)cc3)C3C(=O)CCCC3=N2)c1. The van der Waals surface area contributed by atoms with Crippen molar-refractivity contribution in [2.75, 3.05) is 11.1 Å². The molecule has 5 rings (SSSR count). The van der Waals surface area contributed by atoms with E-state index in [1.165, 1.54) is 11.8 Å². The molecule has 1 fully saturated rings. The molecule has 1 N–H and O–H groups in total. The molecule has 2 aliphatic rings. The number of amides is 1. The summed E-state index contributed by atoms with van der Waals surface area (Å²) in [5.41, 5.74) is 4.97. The predicted octanol–water partition coefficient (Wildman–Crippen LogP) is 6.59. The Hall–Kier alpha value is -4.15. The van der Waals surface area contributed by atoms with Crippen molar-refractivity contribution in [3.8, 4) is 11.8 Å². The van der Waals surface area contributed by atoms with Crippen molar-refractivity contribution in [1.82, 2.24) is 0 Å². The lowest BCUT2D eigenvalue weighted by Crippen LogP contribution is -2.37. The fourth-order valence-corrected chi connectivity index (χ4v) is 5.94. The largest absolute Gasteiger partial charge is 0.489 e. The molecular weight excluding hydrogens is 506 g/mol. The summed E-state index contributed by atoms with van der Waals surface area (Å²) >= 11 is 1.25. The van der Waals surface area contributed by atoms with E-state index in [1.54, 1.807) is 0 Å². The van der Waals surface area contributed by atoms with Gasteiger partial charge in [-0.2, -0.15) is 5.26 Å². The Morgan fingerprint density at radius 3 is 2.59 bits per heavy atom. The minimum atomic E-state index is -0.449. The molecule has 2 unspecified atom stereocenters. The van der Waals surface area contributed by atoms with E-state index in [4.69, 9.17) is 9.73 Å². The molecule has 2 atom stereocenters. The number of thioether (sulfide) groups is 1. The fourth-order valence-electron chi connectivity index (χ4n) is 5.09. The predicted molar refractivity (Wildman–Crippen MR) is 155 cm³/mol. The van der Waals surface area contributed by atoms with Gasteiger partial charge in [-0.3, -0.25) is 9.59 Å². The molecule has 3 aromatic carbocycles. The van der Waals surface area contributed by atoms with Crippen LogP contribution in [0.3, 0.4) is 0 Å². The topological polar surface area (TPSA) is 91.5 Å². The number of aliphatic imine (C=N–C) groups is 1. The molecule has 1 heterocycles. The van der Waals surface area contributed by atoms with Crippen LogP contribution in [0.25, 0.3) is 0 Å². The van der Waals surface area contributed by atoms with Crippen LogP contribution in [0.15, 0.2) is 94.5 Å². The maximum absolute atomic E-state index is 13.1. The van der Waals surface area contributed by atoms with Crippen LogP contribution in [0.5, 0.6) is 5.75 Å². The van der Waals surface area contributed by atoms with E-state index in [9.17, 15) is 14.9 Å². The minimum absolute atomic E-state index is 0.114. The molecule has 7 heteroatoms. The Morgan fingerprint density at radius 1 is 1.05 bits per heavy atom. The normalized spacial score (nSPS) is 18.6. The number of ketones is 1. The number of Topliss-reactive ketones (excluding diaryl/α,β-unsaturated/α-hetero) is 1. The highest BCUT2D eigenvalue weighted by Crippen LogP contribution is 2.45. The Labute approximate surface area is 232 Å². The number of benzene rings is 3. The molecule has 1 amide bonds. The molecule has 39 heavy (non-hydrogen) atoms. The average Bonchev–Trinajstić information content (AvgIpc) is 2.95. The summed E-state index contributed by atoms with van der Waals surface area (Å²) in [6.07, 6.45) is 1.95. The van der Waals surface area contributed by atoms with Crippen molar-refractivity contribution in [3.63, 3.8) is 0 Å². The third kappa shape index (κ3) is 6.30. The van der Waals surface area contributed by atoms with Gasteiger partial charge in [0.15, 0.2) is 0 Å². The lowest BCUT2D eigenvalue weighted by molar-refractivity contribution is -0.122. The molecule has 0 aromatic heterocycles. The second kappa shape index (κ2) is 12.1. The zero-order chi connectivity index (χ0) is 27.2. The second-order valence-corrected chi connectivity index (χ2v) is 10.7. The third-order valence-corrected chi connectivity index (χ3v) is 7.92. The lowest BCUT2D eigenvalue weighted by Gasteiger charge is -2.34. The summed E-state index contributed by atoms with van der Waals surface area (Å²) in [5.74, 6) is -0.108. The van der Waals surface area contributed by atoms with Crippen LogP contribution < -0.4 is 10.1 Å². The molecular formula is C32H29N3O3S. The van der Waals surface area contributed by atoms with Gasteiger partial charge in [0.05, 0.1) is 23.3 Å². The number of carbonyl (C=O) groups excluding carboxylic acids is 2. The van der Waals surface area contributed by atoms with Crippen molar-refractivity contribution in [2.45, 2.75) is 38.7 Å². The number of nitriles is 1. The zero-order valence-electron chi connectivity index (χ0n) is 21.7. The summed E-state index contributed by atoms with van der Waals surface area (Å²) < 4.78 is 5.94. The number of hydrogen-bond donors (Lipinski definition) is 1. The van der Waals surface area contributed by atoms with Crippen molar-refractivity contribution < 1.29 is 14.3 Å². The van der Waals surface area contributed by atoms with Crippen molar-refractivity contribution in [2.24, 2.45) is 10.9 Å². The number of allylic oxidation sites excluding steroid dienone is 1. The van der Waals surface area contributed by atoms with E-state index in [0.717, 1.165) is 34.5 Å². The van der Waals surface area contributed by atoms with Crippen molar-refractivity contribution >= 4 is 34.9 Å². The van der Waals surface area contributed by atoms with Crippen LogP contribution in [0.1, 0.15) is 41.9 Å². The number of fused-ring (bicyclic) bond motifs is 1. The Morgan fingerprint density at radius 2 is 1.85 bits per heavy atom. The van der Waals surface area contributed by atoms with E-state index in [0.29, 0.717) is 35.8 Å². The maximum Gasteiger partial charge on any atom is 0.234 e. The van der Waals surface area contributed by atoms with Crippen LogP contribution in [0.4, 0.5) is 5.69 Å². The molecule has 0 bridgehead atoms. The molecule has 0 saturated heterocycles. The van der Waals surface area contributed by atoms with Gasteiger partial charge in [-0.25, -0.2) is 4.99 Å². The van der Waals surface area contributed by atoms with E-state index >= 15 is 0 Å². The van der Waals surface area contributed by atoms with Gasteiger partial charge in [0.25, 0.3) is 0 Å². The summed E-state index contributed by atoms with van der Waals surface area (Å²) in [7, 11) is 0. The van der Waals surface area contributed by atoms with Crippen LogP contribution in [0.2, 0.25) is 0 Å². The van der Waals surface area contributed by atoms with Crippen molar-refractivity contribution in [1.29, 1.82) is 5.26 Å². The highest BCUT2D eigenvalue weighted by Gasteiger charge is 2.42. The van der Waals surface area contributed by atoms with Crippen LogP contribution in [-0.2, 0) is 16.2 Å². The number of ether oxygens (including phenoxy) is 1. The average molecular weight is 536 g/mol. The second-order valence-electron chi connectivity index (χ2n) is 9.76. The van der Waals surface area contributed by atoms with E-state index in [1.807, 2.05) is 85.8 Å². The first kappa shape index (κ1) is 26.5.